The number of anilines is 1. The summed E-state index contributed by atoms with van der Waals surface area (Å²) in [5, 5.41) is 0.624. The van der Waals surface area contributed by atoms with Gasteiger partial charge in [-0.2, -0.15) is 0 Å². The fraction of sp³-hybridized carbons (Fsp3) is 0.294. The van der Waals surface area contributed by atoms with Gasteiger partial charge in [0.2, 0.25) is 0 Å². The van der Waals surface area contributed by atoms with E-state index in [2.05, 4.69) is 4.98 Å². The van der Waals surface area contributed by atoms with Crippen molar-refractivity contribution < 1.29 is 21.9 Å². The van der Waals surface area contributed by atoms with Crippen molar-refractivity contribution in [1.29, 1.82) is 0 Å². The molecule has 0 unspecified atom stereocenters. The summed E-state index contributed by atoms with van der Waals surface area (Å²) in [6.45, 7) is 1.19. The van der Waals surface area contributed by atoms with Crippen molar-refractivity contribution in [3.05, 3.63) is 38.5 Å². The predicted molar refractivity (Wildman–Crippen MR) is 111 cm³/mol. The van der Waals surface area contributed by atoms with Gasteiger partial charge in [0.05, 0.1) is 27.2 Å². The topological polar surface area (TPSA) is 45.7 Å². The minimum absolute atomic E-state index is 0. The van der Waals surface area contributed by atoms with Gasteiger partial charge in [-0.05, 0) is 32.3 Å². The van der Waals surface area contributed by atoms with E-state index >= 15 is 0 Å². The highest BCUT2D eigenvalue weighted by Gasteiger charge is 2.25. The number of rotatable bonds is 6. The Balaban J connectivity index is 0.00000261. The zero-order chi connectivity index (χ0) is 18.8. The van der Waals surface area contributed by atoms with Crippen molar-refractivity contribution in [2.24, 2.45) is 0 Å². The molecule has 5 nitrogen and oxygen atoms in total. The van der Waals surface area contributed by atoms with Gasteiger partial charge in [0, 0.05) is 19.2 Å². The average Bonchev–Trinajstić information content (AvgIpc) is 3.16. The van der Waals surface area contributed by atoms with Crippen LogP contribution in [0.5, 0.6) is 5.75 Å². The Kier molecular flexibility index (Phi) is 7.73. The third-order valence-electron chi connectivity index (χ3n) is 3.72. The van der Waals surface area contributed by atoms with Gasteiger partial charge >= 0.3 is 0 Å². The van der Waals surface area contributed by atoms with Crippen LogP contribution in [0.3, 0.4) is 0 Å². The first-order valence-corrected chi connectivity index (χ1v) is 10.1. The second kappa shape index (κ2) is 9.41. The lowest BCUT2D eigenvalue weighted by Crippen LogP contribution is -3.00. The average molecular weight is 466 g/mol. The summed E-state index contributed by atoms with van der Waals surface area (Å²) in [5.74, 6) is 0.527. The maximum Gasteiger partial charge on any atom is 0.262 e. The molecule has 0 saturated heterocycles. The van der Waals surface area contributed by atoms with Gasteiger partial charge in [-0.1, -0.05) is 34.5 Å². The van der Waals surface area contributed by atoms with Crippen LogP contribution in [0.4, 0.5) is 5.13 Å². The van der Waals surface area contributed by atoms with Crippen molar-refractivity contribution in [3.63, 3.8) is 0 Å². The van der Waals surface area contributed by atoms with Gasteiger partial charge in [-0.3, -0.25) is 9.69 Å². The number of hydrogen-bond acceptors (Lipinski definition) is 6. The third-order valence-corrected chi connectivity index (χ3v) is 6.26. The lowest BCUT2D eigenvalue weighted by atomic mass is 10.3. The highest BCUT2D eigenvalue weighted by Crippen LogP contribution is 2.35. The molecule has 2 aromatic heterocycles. The normalized spacial score (nSPS) is 10.9. The molecule has 10 heteroatoms. The van der Waals surface area contributed by atoms with E-state index in [9.17, 15) is 4.79 Å². The van der Waals surface area contributed by atoms with Crippen LogP contribution in [-0.4, -0.2) is 50.1 Å². The smallest absolute Gasteiger partial charge is 0.262 e. The first kappa shape index (κ1) is 22.2. The van der Waals surface area contributed by atoms with E-state index in [4.69, 9.17) is 27.9 Å². The number of methoxy groups -OCH3 is 1. The van der Waals surface area contributed by atoms with E-state index in [0.29, 0.717) is 32.5 Å². The Morgan fingerprint density at radius 1 is 1.19 bits per heavy atom. The minimum atomic E-state index is -0.203. The quantitative estimate of drug-likeness (QED) is 0.558. The first-order valence-electron chi connectivity index (χ1n) is 7.75. The van der Waals surface area contributed by atoms with E-state index in [-0.39, 0.29) is 18.3 Å². The van der Waals surface area contributed by atoms with Crippen molar-refractivity contribution in [3.8, 4) is 5.75 Å². The molecule has 3 rings (SSSR count). The fourth-order valence-corrected chi connectivity index (χ4v) is 4.77. The second-order valence-electron chi connectivity index (χ2n) is 5.83. The Labute approximate surface area is 181 Å². The lowest BCUT2D eigenvalue weighted by molar-refractivity contribution is -0.0000131. The number of halogens is 3. The van der Waals surface area contributed by atoms with Crippen LogP contribution in [0.1, 0.15) is 10.4 Å². The number of carbonyl (C=O) groups excluding carboxylic acids is 1. The van der Waals surface area contributed by atoms with Crippen LogP contribution in [0.15, 0.2) is 24.3 Å². The monoisotopic (exact) mass is 464 g/mol. The number of thiophene rings is 1. The fourth-order valence-electron chi connectivity index (χ4n) is 2.35. The van der Waals surface area contributed by atoms with Crippen molar-refractivity contribution in [2.45, 2.75) is 0 Å². The molecule has 146 valence electrons. The predicted octanol–water partition coefficient (Wildman–Crippen LogP) is 1.89. The second-order valence-corrected chi connectivity index (χ2v) is 9.12. The highest BCUT2D eigenvalue weighted by atomic mass is 35.5. The molecule has 0 fully saturated rings. The van der Waals surface area contributed by atoms with Crippen molar-refractivity contribution >= 4 is 67.1 Å². The number of hydrogen-bond donors (Lipinski definition) is 0. The van der Waals surface area contributed by atoms with Gasteiger partial charge in [0.25, 0.3) is 5.91 Å². The zero-order valence-electron chi connectivity index (χ0n) is 14.8. The number of benzene rings is 1. The number of fused-ring (bicyclic) bond motifs is 1. The summed E-state index contributed by atoms with van der Waals surface area (Å²) in [7, 11) is 5.53. The molecule has 1 amide bonds. The van der Waals surface area contributed by atoms with E-state index < -0.39 is 0 Å². The molecule has 0 saturated carbocycles. The van der Waals surface area contributed by atoms with Crippen LogP contribution in [-0.2, 0) is 0 Å². The molecule has 27 heavy (non-hydrogen) atoms. The van der Waals surface area contributed by atoms with Crippen molar-refractivity contribution in [1.82, 2.24) is 9.88 Å². The molecule has 3 aromatic rings. The summed E-state index contributed by atoms with van der Waals surface area (Å²) in [5.41, 5.74) is 1.19. The van der Waals surface area contributed by atoms with E-state index in [1.54, 1.807) is 18.1 Å². The molecule has 0 aliphatic rings. The van der Waals surface area contributed by atoms with E-state index in [1.165, 1.54) is 22.7 Å². The minimum Gasteiger partial charge on any atom is -1.00 e. The van der Waals surface area contributed by atoms with Gasteiger partial charge in [0.1, 0.15) is 10.1 Å². The van der Waals surface area contributed by atoms with Crippen LogP contribution >= 0.6 is 45.9 Å². The van der Waals surface area contributed by atoms with Crippen LogP contribution < -0.4 is 22.0 Å². The molecule has 0 spiro atoms. The Morgan fingerprint density at radius 2 is 1.93 bits per heavy atom. The Bertz CT molecular complexity index is 943. The molecular weight excluding hydrogens is 449 g/mol. The van der Waals surface area contributed by atoms with Crippen LogP contribution in [0, 0.1) is 0 Å². The van der Waals surface area contributed by atoms with Gasteiger partial charge in [0.15, 0.2) is 5.13 Å². The molecule has 2 heterocycles. The van der Waals surface area contributed by atoms with Gasteiger partial charge in [-0.15, -0.1) is 11.3 Å². The molecule has 0 atom stereocenters. The number of likely N-dealkylation sites (N-methyl/N-ethyl adjacent to an activating group) is 1. The summed E-state index contributed by atoms with van der Waals surface area (Å²) in [4.78, 5) is 21.4. The highest BCUT2D eigenvalue weighted by molar-refractivity contribution is 7.22. The maximum atomic E-state index is 13.1. The number of aromatic nitrogens is 1. The standard InChI is InChI=1S/C17H17Cl2N3O2S2.ClH/c1-21(2)6-7-22(16(23)11-9-14(18)26-15(11)19)17-20-12-8-10(24-3)4-5-13(12)25-17;/h4-5,8-9H,6-7H2,1-3H3;1H/p-1. The molecule has 0 aliphatic heterocycles. The van der Waals surface area contributed by atoms with Gasteiger partial charge < -0.3 is 22.0 Å². The lowest BCUT2D eigenvalue weighted by Gasteiger charge is -2.21. The molecule has 0 N–H and O–H groups in total. The first-order chi connectivity index (χ1) is 12.4. The van der Waals surface area contributed by atoms with Crippen LogP contribution in [0.25, 0.3) is 10.2 Å². The number of thiazole rings is 1. The largest absolute Gasteiger partial charge is 1.00 e. The van der Waals surface area contributed by atoms with Crippen molar-refractivity contribution in [2.75, 3.05) is 39.2 Å². The SMILES string of the molecule is COc1ccc2sc(N(CCN(C)C)C(=O)c3cc(Cl)sc3Cl)nc2c1.[Cl-]. The number of nitrogens with zero attached hydrogens (tertiary/aromatic N) is 3. The molecule has 0 radical (unpaired) electrons. The number of ether oxygens (including phenoxy) is 1. The van der Waals surface area contributed by atoms with Gasteiger partial charge in [-0.25, -0.2) is 4.98 Å². The zero-order valence-corrected chi connectivity index (χ0v) is 18.7. The summed E-state index contributed by atoms with van der Waals surface area (Å²) < 4.78 is 7.11. The van der Waals surface area contributed by atoms with Crippen LogP contribution in [0.2, 0.25) is 8.67 Å². The maximum absolute atomic E-state index is 13.1. The molecule has 0 aliphatic carbocycles. The summed E-state index contributed by atoms with van der Waals surface area (Å²) >= 11 is 14.9. The summed E-state index contributed by atoms with van der Waals surface area (Å²) in [6, 6.07) is 7.29. The van der Waals surface area contributed by atoms with E-state index in [1.807, 2.05) is 37.2 Å². The van der Waals surface area contributed by atoms with E-state index in [0.717, 1.165) is 16.0 Å². The Hall–Kier alpha value is -1.09. The Morgan fingerprint density at radius 3 is 2.52 bits per heavy atom. The molecule has 1 aromatic carbocycles. The molecular formula is C17H17Cl3N3O2S2-. The number of amides is 1. The number of carbonyl (C=O) groups is 1. The third kappa shape index (κ3) is 5.04. The molecule has 0 bridgehead atoms. The summed E-state index contributed by atoms with van der Waals surface area (Å²) in [6.07, 6.45) is 0.